The van der Waals surface area contributed by atoms with E-state index in [9.17, 15) is 0 Å². The van der Waals surface area contributed by atoms with Crippen LogP contribution in [-0.4, -0.2) is 29.2 Å². The van der Waals surface area contributed by atoms with E-state index in [-0.39, 0.29) is 61.3 Å². The van der Waals surface area contributed by atoms with Crippen molar-refractivity contribution in [1.82, 2.24) is 24.1 Å². The van der Waals surface area contributed by atoms with Crippen LogP contribution in [0.4, 0.5) is 28.6 Å². The average Bonchev–Trinajstić information content (AvgIpc) is 1.08. The number of benzene rings is 16. The Morgan fingerprint density at radius 1 is 0.297 bits per heavy atom. The number of aromatic nitrogens is 8. The number of aryl methyl sites for hydroxylation is 3. The van der Waals surface area contributed by atoms with Gasteiger partial charge in [-0.15, -0.1) is 72.0 Å². The molecule has 0 unspecified atom stereocenters. The molecule has 1 aliphatic heterocycles. The van der Waals surface area contributed by atoms with Crippen LogP contribution in [0, 0.1) is 18.2 Å². The van der Waals surface area contributed by atoms with Crippen molar-refractivity contribution in [2.24, 2.45) is 21.1 Å². The molecular weight excluding hydrogens is 2070 g/mol. The van der Waals surface area contributed by atoms with Crippen LogP contribution < -0.4 is 23.3 Å². The zero-order valence-corrected chi connectivity index (χ0v) is 84.8. The summed E-state index contributed by atoms with van der Waals surface area (Å²) in [5.74, 6) is 3.58. The molecule has 0 atom stereocenters. The van der Waals surface area contributed by atoms with Crippen LogP contribution in [0.15, 0.2) is 527 Å². The van der Waals surface area contributed by atoms with Gasteiger partial charge in [-0.05, 0) is 174 Å². The Morgan fingerprint density at radius 3 is 1.14 bits per heavy atom. The molecule has 0 aliphatic carbocycles. The summed E-state index contributed by atoms with van der Waals surface area (Å²) in [4.78, 5) is 17.1. The van der Waals surface area contributed by atoms with Gasteiger partial charge in [0.05, 0.1) is 17.0 Å². The summed E-state index contributed by atoms with van der Waals surface area (Å²) in [6.07, 6.45) is 11.9. The number of rotatable bonds is 14. The molecule has 0 saturated heterocycles. The van der Waals surface area contributed by atoms with Crippen LogP contribution in [0.1, 0.15) is 0 Å². The summed E-state index contributed by atoms with van der Waals surface area (Å²) in [5, 5.41) is 17.8. The number of nitrogens with zero attached hydrogens (tertiary/aromatic N) is 10. The molecule has 0 bridgehead atoms. The largest absolute Gasteiger partial charge is 2.00 e. The molecule has 16 aromatic carbocycles. The number of hydrogen-bond donors (Lipinski definition) is 1. The van der Waals surface area contributed by atoms with Crippen molar-refractivity contribution in [2.75, 3.05) is 4.90 Å². The second-order valence-corrected chi connectivity index (χ2v) is 34.5. The summed E-state index contributed by atoms with van der Waals surface area (Å²) >= 11 is 4.81. The average molecular weight is 2170 g/mol. The Morgan fingerprint density at radius 2 is 0.676 bits per heavy atom. The Labute approximate surface area is 892 Å². The van der Waals surface area contributed by atoms with Gasteiger partial charge in [-0.2, -0.15) is 4.90 Å². The topological polar surface area (TPSA) is 107 Å². The van der Waals surface area contributed by atoms with Gasteiger partial charge in [0.25, 0.3) is 0 Å². The fourth-order valence-corrected chi connectivity index (χ4v) is 17.8. The van der Waals surface area contributed by atoms with Crippen LogP contribution in [0.5, 0.6) is 17.2 Å². The third-order valence-corrected chi connectivity index (χ3v) is 25.0. The number of pyridine rings is 6. The first kappa shape index (κ1) is 100.0. The summed E-state index contributed by atoms with van der Waals surface area (Å²) < 4.78 is 17.1. The number of fused-ring (bicyclic) bond motifs is 8. The summed E-state index contributed by atoms with van der Waals surface area (Å²) in [6, 6.07) is 176. The normalized spacial score (nSPS) is 10.8. The molecule has 0 saturated carbocycles. The second kappa shape index (κ2) is 47.8. The van der Waals surface area contributed by atoms with Crippen molar-refractivity contribution in [3.63, 3.8) is 0 Å². The number of phenols is 1. The first-order chi connectivity index (χ1) is 70.0. The van der Waals surface area contributed by atoms with Crippen LogP contribution in [0.2, 0.25) is 0 Å². The van der Waals surface area contributed by atoms with Gasteiger partial charge in [0, 0.05) is 79.2 Å². The predicted octanol–water partition coefficient (Wildman–Crippen LogP) is 30.9. The number of phenolic OH excluding ortho intramolecular Hbond substituents is 1. The van der Waals surface area contributed by atoms with Crippen LogP contribution in [-0.2, 0) is 95.0 Å². The number of para-hydroxylation sites is 7. The maximum absolute atomic E-state index is 8.63. The molecule has 0 amide bonds. The van der Waals surface area contributed by atoms with Crippen molar-refractivity contribution >= 4 is 84.9 Å². The Balaban J connectivity index is 0.000000130. The fraction of sp³-hybridized carbons (Fsp3) is 0.0233. The number of hydrogen-bond acceptors (Lipinski definition) is 7. The third kappa shape index (κ3) is 23.4. The molecule has 145 heavy (non-hydrogen) atoms. The molecule has 1 N–H and O–H groups in total. The SMILES string of the molecule is C[n+]1ccc(-c2ccc(-c3ccccc3)cc2)cc1-c1[c-]c(-n2c3ccccc3c3cccnc32)ccc1.C[n+]1ccc(-c2ccc(-c3ccccc3)cc2)cc1-c1[c-]c2c(cc1)Oc1ccccc1N2c1ccccn1.C[n+]1ccc(-c2ccc(-c3ccccc3)cc2)cc1-c1[c-]c2c(cc1)c1ccccc1n2-c1ccccn1.Oc1ccccc1.[Pd+2].[Pd+2].[Pd].[S-]c1ccccc1.c1ccc([N-]c2ccccc2)cc1. The Hall–Kier alpha value is -16.6. The van der Waals surface area contributed by atoms with Gasteiger partial charge in [-0.1, -0.05) is 356 Å². The van der Waals surface area contributed by atoms with Gasteiger partial charge in [0.15, 0.2) is 18.6 Å². The molecule has 1 aliphatic rings. The maximum Gasteiger partial charge on any atom is 2.00 e. The molecule has 0 fully saturated rings. The molecule has 708 valence electrons. The Bertz CT molecular complexity index is 8290. The van der Waals surface area contributed by atoms with E-state index in [0.717, 1.165) is 123 Å². The van der Waals surface area contributed by atoms with Gasteiger partial charge < -0.3 is 41.8 Å². The van der Waals surface area contributed by atoms with Crippen molar-refractivity contribution in [1.29, 1.82) is 0 Å². The van der Waals surface area contributed by atoms with E-state index in [1.807, 2.05) is 207 Å². The Kier molecular flexibility index (Phi) is 33.0. The van der Waals surface area contributed by atoms with Gasteiger partial charge >= 0.3 is 40.8 Å². The molecule has 9 heterocycles. The van der Waals surface area contributed by atoms with E-state index >= 15 is 0 Å². The smallest absolute Gasteiger partial charge is 0.780 e. The molecule has 0 radical (unpaired) electrons. The summed E-state index contributed by atoms with van der Waals surface area (Å²) in [5.41, 5.74) is 29.7. The van der Waals surface area contributed by atoms with Crippen molar-refractivity contribution in [2.45, 2.75) is 4.90 Å². The minimum Gasteiger partial charge on any atom is -0.780 e. The van der Waals surface area contributed by atoms with E-state index in [4.69, 9.17) is 27.5 Å². The van der Waals surface area contributed by atoms with Crippen LogP contribution in [0.3, 0.4) is 0 Å². The van der Waals surface area contributed by atoms with E-state index in [1.165, 1.54) is 77.4 Å². The fourth-order valence-electron chi connectivity index (χ4n) is 17.6. The van der Waals surface area contributed by atoms with Crippen LogP contribution in [0.25, 0.3) is 161 Å². The minimum absolute atomic E-state index is 0. The second-order valence-electron chi connectivity index (χ2n) is 34.0. The first-order valence-electron chi connectivity index (χ1n) is 47.0. The molecule has 16 heteroatoms. The number of anilines is 3. The molecule has 8 aromatic heterocycles. The molecule has 24 aromatic rings. The third-order valence-electron chi connectivity index (χ3n) is 24.8. The van der Waals surface area contributed by atoms with Crippen molar-refractivity contribution < 1.29 is 84.8 Å². The first-order valence-corrected chi connectivity index (χ1v) is 47.5. The summed E-state index contributed by atoms with van der Waals surface area (Å²) in [6.45, 7) is 0. The summed E-state index contributed by atoms with van der Waals surface area (Å²) in [7, 11) is 6.23. The van der Waals surface area contributed by atoms with Gasteiger partial charge in [0.1, 0.15) is 67.0 Å². The van der Waals surface area contributed by atoms with E-state index in [0.29, 0.717) is 5.75 Å². The standard InChI is InChI=1S/C35H25N3O.2C35H25N3.C12H10N.C6H6O.C6H6S.3Pd/c1-37-22-20-28(27-16-14-26(15-17-27)25-9-3-2-4-10-25)23-31(37)29-18-19-34-32(24-29)38(35-13-7-8-21-36-35)30-11-5-6-12-33(30)39-34;1-37-22-20-28(27-18-16-26(17-19-27)25-9-3-2-4-10-25)24-34(37)29-11-7-12-30(23-29)38-33-15-6-5-13-31(33)32-14-8-21-36-35(32)38;1-37-22-20-28(27-16-14-26(15-17-27)25-9-3-2-4-10-25)23-33(37)29-18-19-31-30-11-5-6-12-32(30)38(34(31)24-29)35-13-7-8-21-36-35;1-3-7-11(8-4-1)13-12-9-5-2-6-10-12;2*7-6-4-2-1-3-5-6;;;/h2-23H,1H3;2-22,24H,1H3;2-23H,1H3;1-10H;2*1-5,7H;;;/q;;;-1;;;;2*+2/p-1. The van der Waals surface area contributed by atoms with E-state index in [2.05, 4.69) is 374 Å². The van der Waals surface area contributed by atoms with E-state index in [1.54, 1.807) is 24.3 Å². The molecular formula is C129H96N10O2Pd3S+2. The number of ether oxygens (including phenoxy) is 1. The zero-order chi connectivity index (χ0) is 96.3. The van der Waals surface area contributed by atoms with Gasteiger partial charge in [-0.25, -0.2) is 28.7 Å². The monoisotopic (exact) mass is 2170 g/mol. The predicted molar refractivity (Wildman–Crippen MR) is 581 cm³/mol. The molecule has 12 nitrogen and oxygen atoms in total. The van der Waals surface area contributed by atoms with Crippen molar-refractivity contribution in [3.8, 4) is 129 Å². The van der Waals surface area contributed by atoms with Gasteiger partial charge in [-0.3, -0.25) is 0 Å². The van der Waals surface area contributed by atoms with Gasteiger partial charge in [0.2, 0.25) is 0 Å². The van der Waals surface area contributed by atoms with Crippen LogP contribution >= 0.6 is 0 Å². The number of aromatic hydroxyl groups is 1. The quantitative estimate of drug-likeness (QED) is 0.0500. The zero-order valence-electron chi connectivity index (χ0n) is 79.3. The molecule has 0 spiro atoms. The van der Waals surface area contributed by atoms with Crippen molar-refractivity contribution in [3.05, 3.63) is 546 Å². The minimum atomic E-state index is 0. The van der Waals surface area contributed by atoms with E-state index < -0.39 is 0 Å². The molecule has 25 rings (SSSR count). The maximum atomic E-state index is 8.63.